The first-order chi connectivity index (χ1) is 25.2. The van der Waals surface area contributed by atoms with Crippen molar-refractivity contribution in [2.24, 2.45) is 0 Å². The summed E-state index contributed by atoms with van der Waals surface area (Å²) >= 11 is 0. The van der Waals surface area contributed by atoms with Crippen LogP contribution < -0.4 is 5.32 Å². The second-order valence-electron chi connectivity index (χ2n) is 16.2. The van der Waals surface area contributed by atoms with Gasteiger partial charge in [-0.3, -0.25) is 9.35 Å². The second-order valence-corrected chi connectivity index (χ2v) is 17.7. The first-order valence-corrected chi connectivity index (χ1v) is 24.4. The minimum Gasteiger partial charge on any atom is -0.391 e. The molecule has 0 aliphatic heterocycles. The quantitative estimate of drug-likeness (QED) is 0.0363. The van der Waals surface area contributed by atoms with Gasteiger partial charge in [0, 0.05) is 0 Å². The van der Waals surface area contributed by atoms with Crippen LogP contribution in [0.5, 0.6) is 0 Å². The molecule has 4 N–H and O–H groups in total. The molecule has 0 rings (SSSR count). The minimum absolute atomic E-state index is 0.304. The Bertz CT molecular complexity index is 854. The van der Waals surface area contributed by atoms with Gasteiger partial charge < -0.3 is 15.5 Å². The van der Waals surface area contributed by atoms with Crippen molar-refractivity contribution in [1.29, 1.82) is 0 Å². The fraction of sp³-hybridized carbons (Fsp3) is 0.977. The molecule has 1 amide bonds. The van der Waals surface area contributed by atoms with Crippen LogP contribution in [-0.2, 0) is 14.9 Å². The van der Waals surface area contributed by atoms with Crippen LogP contribution in [0, 0.1) is 0 Å². The normalized spacial score (nSPS) is 13.7. The standard InChI is InChI=1S/C44H89NO6S/c1-3-5-7-9-11-13-15-17-19-20-21-22-23-24-25-27-28-30-32-34-36-38-42(46)41(40-52(49,50)51)45-44(48)43(47)39-37-35-33-31-29-26-18-16-14-12-10-8-6-4-2/h41-43,46-47H,3-40H2,1-2H3,(H,45,48)(H,49,50,51). The summed E-state index contributed by atoms with van der Waals surface area (Å²) in [6.45, 7) is 4.53. The van der Waals surface area contributed by atoms with E-state index in [1.54, 1.807) is 0 Å². The number of nitrogens with one attached hydrogen (secondary N) is 1. The van der Waals surface area contributed by atoms with E-state index < -0.39 is 40.0 Å². The van der Waals surface area contributed by atoms with E-state index in [-0.39, 0.29) is 0 Å². The predicted molar refractivity (Wildman–Crippen MR) is 223 cm³/mol. The zero-order chi connectivity index (χ0) is 38.4. The average molecular weight is 760 g/mol. The van der Waals surface area contributed by atoms with E-state index in [4.69, 9.17) is 0 Å². The van der Waals surface area contributed by atoms with Gasteiger partial charge in [0.05, 0.1) is 17.9 Å². The molecule has 0 heterocycles. The fourth-order valence-corrected chi connectivity index (χ4v) is 8.16. The minimum atomic E-state index is -4.40. The lowest BCUT2D eigenvalue weighted by Gasteiger charge is -2.24. The maximum Gasteiger partial charge on any atom is 0.266 e. The number of hydrogen-bond donors (Lipinski definition) is 4. The van der Waals surface area contributed by atoms with Gasteiger partial charge in [-0.25, -0.2) is 0 Å². The smallest absolute Gasteiger partial charge is 0.266 e. The summed E-state index contributed by atoms with van der Waals surface area (Å²) in [5.74, 6) is -1.44. The maximum absolute atomic E-state index is 12.6. The van der Waals surface area contributed by atoms with Gasteiger partial charge in [0.2, 0.25) is 5.91 Å². The van der Waals surface area contributed by atoms with Crippen molar-refractivity contribution < 1.29 is 28.0 Å². The number of carbonyl (C=O) groups excluding carboxylic acids is 1. The maximum atomic E-state index is 12.6. The molecule has 0 saturated carbocycles. The van der Waals surface area contributed by atoms with E-state index in [0.717, 1.165) is 44.9 Å². The largest absolute Gasteiger partial charge is 0.391 e. The Morgan fingerprint density at radius 1 is 0.442 bits per heavy atom. The van der Waals surface area contributed by atoms with E-state index in [0.29, 0.717) is 12.8 Å². The van der Waals surface area contributed by atoms with E-state index in [1.807, 2.05) is 0 Å². The highest BCUT2D eigenvalue weighted by Crippen LogP contribution is 2.17. The van der Waals surface area contributed by atoms with Crippen LogP contribution in [0.1, 0.15) is 251 Å². The molecule has 0 saturated heterocycles. The van der Waals surface area contributed by atoms with Crippen molar-refractivity contribution >= 4 is 16.0 Å². The van der Waals surface area contributed by atoms with Gasteiger partial charge in [-0.05, 0) is 12.8 Å². The molecule has 0 aromatic heterocycles. The molecule has 0 aliphatic carbocycles. The molecule has 3 unspecified atom stereocenters. The Morgan fingerprint density at radius 2 is 0.692 bits per heavy atom. The number of hydrogen-bond acceptors (Lipinski definition) is 5. The number of rotatable bonds is 42. The van der Waals surface area contributed by atoms with Crippen LogP contribution in [0.2, 0.25) is 0 Å². The Labute approximate surface area is 323 Å². The van der Waals surface area contributed by atoms with Crippen molar-refractivity contribution in [1.82, 2.24) is 5.32 Å². The summed E-state index contributed by atoms with van der Waals surface area (Å²) in [6.07, 6.45) is 42.7. The molecule has 8 heteroatoms. The van der Waals surface area contributed by atoms with E-state index in [1.165, 1.54) is 180 Å². The van der Waals surface area contributed by atoms with E-state index in [9.17, 15) is 28.0 Å². The summed E-state index contributed by atoms with van der Waals surface area (Å²) < 4.78 is 32.7. The predicted octanol–water partition coefficient (Wildman–Crippen LogP) is 12.6. The topological polar surface area (TPSA) is 124 Å². The third-order valence-electron chi connectivity index (χ3n) is 10.9. The van der Waals surface area contributed by atoms with Gasteiger partial charge in [0.15, 0.2) is 0 Å². The zero-order valence-corrected chi connectivity index (χ0v) is 35.4. The molecule has 52 heavy (non-hydrogen) atoms. The average Bonchev–Trinajstić information content (AvgIpc) is 3.11. The number of unbranched alkanes of at least 4 members (excludes halogenated alkanes) is 33. The molecule has 0 spiro atoms. The van der Waals surface area contributed by atoms with Crippen LogP contribution in [0.25, 0.3) is 0 Å². The first-order valence-electron chi connectivity index (χ1n) is 22.8. The molecule has 0 fully saturated rings. The molecule has 7 nitrogen and oxygen atoms in total. The van der Waals surface area contributed by atoms with Crippen LogP contribution in [0.4, 0.5) is 0 Å². The monoisotopic (exact) mass is 760 g/mol. The molecule has 0 bridgehead atoms. The molecule has 0 aromatic rings. The third-order valence-corrected chi connectivity index (χ3v) is 11.7. The lowest BCUT2D eigenvalue weighted by Crippen LogP contribution is -2.50. The van der Waals surface area contributed by atoms with Crippen molar-refractivity contribution in [3.05, 3.63) is 0 Å². The van der Waals surface area contributed by atoms with Crippen LogP contribution in [0.3, 0.4) is 0 Å². The Kier molecular flexibility index (Phi) is 38.1. The molecular weight excluding hydrogens is 671 g/mol. The highest BCUT2D eigenvalue weighted by atomic mass is 32.2. The van der Waals surface area contributed by atoms with E-state index in [2.05, 4.69) is 19.2 Å². The van der Waals surface area contributed by atoms with Gasteiger partial charge in [-0.1, -0.05) is 239 Å². The van der Waals surface area contributed by atoms with E-state index >= 15 is 0 Å². The van der Waals surface area contributed by atoms with Crippen LogP contribution >= 0.6 is 0 Å². The van der Waals surface area contributed by atoms with Crippen LogP contribution in [0.15, 0.2) is 0 Å². The molecule has 0 aromatic carbocycles. The molecule has 312 valence electrons. The number of carbonyl (C=O) groups is 1. The SMILES string of the molecule is CCCCCCCCCCCCCCCCCCCCCCCC(O)C(CS(=O)(=O)O)NC(=O)C(O)CCCCCCCCCCCCCCCC. The Hall–Kier alpha value is -0.700. The van der Waals surface area contributed by atoms with Crippen molar-refractivity contribution in [3.8, 4) is 0 Å². The van der Waals surface area contributed by atoms with Gasteiger partial charge >= 0.3 is 0 Å². The number of aliphatic hydroxyl groups excluding tert-OH is 2. The summed E-state index contributed by atoms with van der Waals surface area (Å²) in [5, 5.41) is 23.6. The summed E-state index contributed by atoms with van der Waals surface area (Å²) in [7, 11) is -4.40. The first kappa shape index (κ1) is 51.3. The second kappa shape index (κ2) is 38.6. The highest BCUT2D eigenvalue weighted by molar-refractivity contribution is 7.85. The lowest BCUT2D eigenvalue weighted by molar-refractivity contribution is -0.131. The van der Waals surface area contributed by atoms with Crippen molar-refractivity contribution in [3.63, 3.8) is 0 Å². The highest BCUT2D eigenvalue weighted by Gasteiger charge is 2.28. The molecular formula is C44H89NO6S. The number of aliphatic hydroxyl groups is 2. The lowest BCUT2D eigenvalue weighted by atomic mass is 10.0. The molecule has 3 atom stereocenters. The zero-order valence-electron chi connectivity index (χ0n) is 34.6. The van der Waals surface area contributed by atoms with Gasteiger partial charge in [0.1, 0.15) is 6.10 Å². The third kappa shape index (κ3) is 37.6. The fourth-order valence-electron chi connectivity index (χ4n) is 7.40. The Balaban J connectivity index is 3.86. The molecule has 0 aliphatic rings. The van der Waals surface area contributed by atoms with Crippen molar-refractivity contribution in [2.45, 2.75) is 270 Å². The van der Waals surface area contributed by atoms with Gasteiger partial charge in [-0.2, -0.15) is 8.42 Å². The summed E-state index contributed by atoms with van der Waals surface area (Å²) in [5.41, 5.74) is 0. The van der Waals surface area contributed by atoms with Crippen molar-refractivity contribution in [2.75, 3.05) is 5.75 Å². The summed E-state index contributed by atoms with van der Waals surface area (Å²) in [4.78, 5) is 12.6. The molecule has 0 radical (unpaired) electrons. The number of amides is 1. The Morgan fingerprint density at radius 3 is 0.962 bits per heavy atom. The van der Waals surface area contributed by atoms with Gasteiger partial charge in [-0.15, -0.1) is 0 Å². The van der Waals surface area contributed by atoms with Crippen LogP contribution in [-0.4, -0.2) is 53.1 Å². The van der Waals surface area contributed by atoms with Gasteiger partial charge in [0.25, 0.3) is 10.1 Å². The summed E-state index contributed by atoms with van der Waals surface area (Å²) in [6, 6.07) is -1.14.